The summed E-state index contributed by atoms with van der Waals surface area (Å²) in [5.41, 5.74) is -0.397. The summed E-state index contributed by atoms with van der Waals surface area (Å²) in [7, 11) is 0. The third kappa shape index (κ3) is 8.00. The molecule has 4 heterocycles. The predicted molar refractivity (Wildman–Crippen MR) is 165 cm³/mol. The van der Waals surface area contributed by atoms with Crippen molar-refractivity contribution in [3.05, 3.63) is 9.72 Å². The average Bonchev–Trinajstić information content (AvgIpc) is 3.48. The van der Waals surface area contributed by atoms with Crippen molar-refractivity contribution in [2.75, 3.05) is 52.9 Å². The van der Waals surface area contributed by atoms with Crippen LogP contribution >= 0.6 is 34.3 Å². The second-order valence-corrected chi connectivity index (χ2v) is 13.8. The Morgan fingerprint density at radius 1 is 0.800 bits per heavy atom. The highest BCUT2D eigenvalue weighted by Gasteiger charge is 2.39. The van der Waals surface area contributed by atoms with Crippen LogP contribution in [0, 0.1) is 17.3 Å². The normalized spacial score (nSPS) is 19.8. The Bertz CT molecular complexity index is 1020. The number of halogens is 1. The minimum absolute atomic E-state index is 0.397. The molecule has 9 heteroatoms. The Hall–Kier alpha value is -1.19. The van der Waals surface area contributed by atoms with Crippen LogP contribution in [-0.2, 0) is 9.47 Å². The maximum atomic E-state index is 6.58. The van der Waals surface area contributed by atoms with Gasteiger partial charge in [0.15, 0.2) is 23.0 Å². The van der Waals surface area contributed by atoms with Crippen molar-refractivity contribution >= 4 is 34.3 Å². The fourth-order valence-electron chi connectivity index (χ4n) is 5.18. The molecular weight excluding hydrogens is 568 g/mol. The summed E-state index contributed by atoms with van der Waals surface area (Å²) in [4.78, 5) is 1.89. The highest BCUT2D eigenvalue weighted by Crippen LogP contribution is 2.57. The summed E-state index contributed by atoms with van der Waals surface area (Å²) in [5.74, 6) is 3.98. The van der Waals surface area contributed by atoms with Crippen LogP contribution in [0.2, 0.25) is 4.34 Å². The lowest BCUT2D eigenvalue weighted by Crippen LogP contribution is -2.43. The first-order valence-corrected chi connectivity index (χ1v) is 17.2. The van der Waals surface area contributed by atoms with E-state index < -0.39 is 5.41 Å². The van der Waals surface area contributed by atoms with Crippen LogP contribution in [0.25, 0.3) is 9.75 Å². The van der Waals surface area contributed by atoms with Crippen LogP contribution in [0.5, 0.6) is 23.0 Å². The number of hydrogen-bond donors (Lipinski definition) is 0. The fraction of sp³-hybridized carbons (Fsp3) is 0.742. The molecule has 2 unspecified atom stereocenters. The lowest BCUT2D eigenvalue weighted by atomic mass is 9.91. The van der Waals surface area contributed by atoms with Crippen LogP contribution in [-0.4, -0.2) is 52.9 Å². The molecule has 0 aromatic carbocycles. The second-order valence-electron chi connectivity index (χ2n) is 11.3. The molecule has 226 valence electrons. The summed E-state index contributed by atoms with van der Waals surface area (Å²) in [6.07, 6.45) is 9.59. The fourth-order valence-corrected chi connectivity index (χ4v) is 7.54. The van der Waals surface area contributed by atoms with Crippen molar-refractivity contribution in [2.24, 2.45) is 17.3 Å². The van der Waals surface area contributed by atoms with Gasteiger partial charge in [-0.05, 0) is 24.7 Å². The molecule has 0 bridgehead atoms. The summed E-state index contributed by atoms with van der Waals surface area (Å²) in [6.45, 7) is 13.6. The SMILES string of the molecule is CCCCC(CC)COCC1(COCC(CC)CCCC)COc2csc(-c3sc(Cl)c4c3OCCO4)c2OC1. The van der Waals surface area contributed by atoms with Crippen molar-refractivity contribution < 1.29 is 28.4 Å². The smallest absolute Gasteiger partial charge is 0.191 e. The number of ether oxygens (including phenoxy) is 6. The van der Waals surface area contributed by atoms with E-state index >= 15 is 0 Å². The molecule has 6 nitrogen and oxygen atoms in total. The van der Waals surface area contributed by atoms with E-state index in [1.165, 1.54) is 49.9 Å². The predicted octanol–water partition coefficient (Wildman–Crippen LogP) is 9.12. The molecule has 0 spiro atoms. The average molecular weight is 615 g/mol. The molecule has 0 radical (unpaired) electrons. The Morgan fingerprint density at radius 2 is 1.40 bits per heavy atom. The molecule has 0 saturated carbocycles. The van der Waals surface area contributed by atoms with E-state index in [0.717, 1.165) is 47.3 Å². The Balaban J connectivity index is 1.48. The molecule has 4 rings (SSSR count). The van der Waals surface area contributed by atoms with E-state index in [-0.39, 0.29) is 0 Å². The Labute approximate surface area is 253 Å². The van der Waals surface area contributed by atoms with Gasteiger partial charge in [-0.15, -0.1) is 22.7 Å². The molecule has 0 aliphatic carbocycles. The van der Waals surface area contributed by atoms with Gasteiger partial charge in [-0.2, -0.15) is 0 Å². The molecule has 0 fully saturated rings. The standard InChI is InChI=1S/C31H47ClO6S2/c1-5-9-11-22(7-3)15-33-18-31(19-34-16-23(8-4)12-10-6-2)20-37-24-17-39-28(25(24)38-21-31)29-26-27(30(32)40-29)36-14-13-35-26/h17,22-23H,5-16,18-21H2,1-4H3. The van der Waals surface area contributed by atoms with Gasteiger partial charge in [0.05, 0.1) is 28.4 Å². The molecule has 0 saturated heterocycles. The van der Waals surface area contributed by atoms with Crippen LogP contribution in [0.4, 0.5) is 0 Å². The summed E-state index contributed by atoms with van der Waals surface area (Å²) >= 11 is 9.55. The van der Waals surface area contributed by atoms with Gasteiger partial charge in [0.1, 0.15) is 30.8 Å². The minimum Gasteiger partial charge on any atom is -0.488 e. The van der Waals surface area contributed by atoms with Gasteiger partial charge in [0.2, 0.25) is 0 Å². The quantitative estimate of drug-likeness (QED) is 0.177. The Kier molecular flexibility index (Phi) is 12.6. The van der Waals surface area contributed by atoms with E-state index in [0.29, 0.717) is 67.3 Å². The minimum atomic E-state index is -0.397. The van der Waals surface area contributed by atoms with Gasteiger partial charge in [-0.3, -0.25) is 0 Å². The maximum absolute atomic E-state index is 6.58. The number of rotatable bonds is 17. The van der Waals surface area contributed by atoms with Gasteiger partial charge in [-0.25, -0.2) is 0 Å². The Morgan fingerprint density at radius 3 is 2.00 bits per heavy atom. The molecule has 0 N–H and O–H groups in total. The van der Waals surface area contributed by atoms with Gasteiger partial charge in [0, 0.05) is 18.6 Å². The van der Waals surface area contributed by atoms with Gasteiger partial charge < -0.3 is 28.4 Å². The second kappa shape index (κ2) is 15.9. The molecular formula is C31H47ClO6S2. The van der Waals surface area contributed by atoms with E-state index in [1.54, 1.807) is 11.3 Å². The van der Waals surface area contributed by atoms with E-state index in [9.17, 15) is 0 Å². The molecule has 2 aliphatic heterocycles. The molecule has 0 amide bonds. The van der Waals surface area contributed by atoms with Crippen molar-refractivity contribution in [1.82, 2.24) is 0 Å². The monoisotopic (exact) mass is 614 g/mol. The highest BCUT2D eigenvalue weighted by atomic mass is 35.5. The number of fused-ring (bicyclic) bond motifs is 2. The summed E-state index contributed by atoms with van der Waals surface area (Å²) in [6, 6.07) is 0. The molecule has 2 aliphatic rings. The number of thiophene rings is 2. The summed E-state index contributed by atoms with van der Waals surface area (Å²) in [5, 5.41) is 2.02. The maximum Gasteiger partial charge on any atom is 0.191 e. The van der Waals surface area contributed by atoms with Crippen LogP contribution in [0.15, 0.2) is 5.38 Å². The summed E-state index contributed by atoms with van der Waals surface area (Å²) < 4.78 is 38.2. The topological polar surface area (TPSA) is 55.4 Å². The van der Waals surface area contributed by atoms with E-state index in [2.05, 4.69) is 27.7 Å². The number of hydrogen-bond acceptors (Lipinski definition) is 8. The van der Waals surface area contributed by atoms with E-state index in [1.807, 2.05) is 5.38 Å². The third-order valence-corrected chi connectivity index (χ3v) is 10.4. The first kappa shape index (κ1) is 31.7. The van der Waals surface area contributed by atoms with Crippen LogP contribution < -0.4 is 18.9 Å². The molecule has 40 heavy (non-hydrogen) atoms. The van der Waals surface area contributed by atoms with Gasteiger partial charge in [0.25, 0.3) is 0 Å². The lowest BCUT2D eigenvalue weighted by Gasteiger charge is -2.32. The zero-order chi connectivity index (χ0) is 28.4. The zero-order valence-corrected chi connectivity index (χ0v) is 27.1. The van der Waals surface area contributed by atoms with E-state index in [4.69, 9.17) is 40.0 Å². The van der Waals surface area contributed by atoms with Crippen LogP contribution in [0.3, 0.4) is 0 Å². The van der Waals surface area contributed by atoms with Crippen molar-refractivity contribution in [2.45, 2.75) is 79.1 Å². The number of unbranched alkanes of at least 4 members (excludes halogenated alkanes) is 2. The first-order chi connectivity index (χ1) is 19.5. The van der Waals surface area contributed by atoms with Crippen molar-refractivity contribution in [3.8, 4) is 32.8 Å². The van der Waals surface area contributed by atoms with Crippen LogP contribution in [0.1, 0.15) is 79.1 Å². The van der Waals surface area contributed by atoms with Gasteiger partial charge >= 0.3 is 0 Å². The zero-order valence-electron chi connectivity index (χ0n) is 24.7. The molecule has 2 atom stereocenters. The van der Waals surface area contributed by atoms with Crippen molar-refractivity contribution in [3.63, 3.8) is 0 Å². The van der Waals surface area contributed by atoms with Gasteiger partial charge in [-0.1, -0.05) is 77.8 Å². The molecule has 2 aromatic rings. The molecule has 2 aromatic heterocycles. The lowest BCUT2D eigenvalue weighted by molar-refractivity contribution is -0.0715. The largest absolute Gasteiger partial charge is 0.488 e. The first-order valence-electron chi connectivity index (χ1n) is 15.1. The third-order valence-electron chi connectivity index (χ3n) is 7.95. The highest BCUT2D eigenvalue weighted by molar-refractivity contribution is 7.24. The van der Waals surface area contributed by atoms with Crippen molar-refractivity contribution in [1.29, 1.82) is 0 Å².